The molecule has 2 atom stereocenters. The lowest BCUT2D eigenvalue weighted by atomic mass is 10.1. The van der Waals surface area contributed by atoms with Crippen LogP contribution in [-0.4, -0.2) is 60.0 Å². The Bertz CT molecular complexity index is 777. The lowest BCUT2D eigenvalue weighted by Gasteiger charge is -2.36. The van der Waals surface area contributed by atoms with Gasteiger partial charge in [0.2, 0.25) is 5.91 Å². The Morgan fingerprint density at radius 3 is 2.50 bits per heavy atom. The Kier molecular flexibility index (Phi) is 5.04. The van der Waals surface area contributed by atoms with Gasteiger partial charge >= 0.3 is 0 Å². The number of likely N-dealkylation sites (tertiary alicyclic amines) is 1. The third-order valence-electron chi connectivity index (χ3n) is 4.53. The molecule has 2 amide bonds. The number of amides is 2. The Morgan fingerprint density at radius 1 is 1.12 bits per heavy atom. The van der Waals surface area contributed by atoms with Crippen LogP contribution >= 0.6 is 0 Å². The first-order valence-electron chi connectivity index (χ1n) is 8.29. The highest BCUT2D eigenvalue weighted by molar-refractivity contribution is 5.95. The minimum atomic E-state index is -1.35. The van der Waals surface area contributed by atoms with Crippen molar-refractivity contribution in [1.29, 1.82) is 0 Å². The molecule has 0 bridgehead atoms. The van der Waals surface area contributed by atoms with Gasteiger partial charge in [0.05, 0.1) is 24.3 Å². The van der Waals surface area contributed by atoms with Crippen LogP contribution in [0.3, 0.4) is 0 Å². The van der Waals surface area contributed by atoms with Crippen LogP contribution in [0.4, 0.5) is 13.2 Å². The van der Waals surface area contributed by atoms with E-state index in [9.17, 15) is 22.8 Å². The van der Waals surface area contributed by atoms with Gasteiger partial charge in [-0.25, -0.2) is 13.2 Å². The highest BCUT2D eigenvalue weighted by atomic mass is 19.2. The van der Waals surface area contributed by atoms with Crippen LogP contribution in [0.15, 0.2) is 23.8 Å². The van der Waals surface area contributed by atoms with E-state index in [0.717, 1.165) is 5.57 Å². The van der Waals surface area contributed by atoms with Gasteiger partial charge in [0.15, 0.2) is 11.6 Å². The molecule has 3 rings (SSSR count). The second-order valence-corrected chi connectivity index (χ2v) is 6.69. The quantitative estimate of drug-likeness (QED) is 0.594. The van der Waals surface area contributed by atoms with Crippen LogP contribution in [-0.2, 0) is 9.53 Å². The molecule has 5 nitrogen and oxygen atoms in total. The third-order valence-corrected chi connectivity index (χ3v) is 4.53. The van der Waals surface area contributed by atoms with Crippen molar-refractivity contribution in [1.82, 2.24) is 9.80 Å². The maximum atomic E-state index is 14.0. The molecule has 8 heteroatoms. The standard InChI is InChI=1S/C18H19F3N2O3/c1-10(2)5-17(24)22-8-15-16(9-22)26-4-3-23(15)18(25)11-6-13(20)14(21)7-12(11)19/h5-7,15-16H,3-4,8-9H2,1-2H3/t15-,16+/m1/s1. The number of halogens is 3. The van der Waals surface area contributed by atoms with E-state index in [-0.39, 0.29) is 25.6 Å². The highest BCUT2D eigenvalue weighted by Gasteiger charge is 2.43. The number of nitrogens with zero attached hydrogens (tertiary/aromatic N) is 2. The molecule has 0 N–H and O–H groups in total. The molecular weight excluding hydrogens is 349 g/mol. The SMILES string of the molecule is CC(C)=CC(=O)N1C[C@@H]2OCCN(C(=O)c3cc(F)c(F)cc3F)[C@@H]2C1. The fourth-order valence-electron chi connectivity index (χ4n) is 3.30. The summed E-state index contributed by atoms with van der Waals surface area (Å²) in [6.45, 7) is 4.58. The second kappa shape index (κ2) is 7.11. The maximum absolute atomic E-state index is 14.0. The zero-order chi connectivity index (χ0) is 19.0. The topological polar surface area (TPSA) is 49.9 Å². The molecule has 1 aromatic carbocycles. The summed E-state index contributed by atoms with van der Waals surface area (Å²) < 4.78 is 46.2. The van der Waals surface area contributed by atoms with E-state index in [0.29, 0.717) is 18.7 Å². The normalized spacial score (nSPS) is 22.2. The van der Waals surface area contributed by atoms with Crippen LogP contribution in [0.1, 0.15) is 24.2 Å². The van der Waals surface area contributed by atoms with Gasteiger partial charge in [0.1, 0.15) is 5.82 Å². The predicted molar refractivity (Wildman–Crippen MR) is 86.9 cm³/mol. The zero-order valence-corrected chi connectivity index (χ0v) is 14.5. The summed E-state index contributed by atoms with van der Waals surface area (Å²) in [6.07, 6.45) is 1.11. The number of morpholine rings is 1. The maximum Gasteiger partial charge on any atom is 0.257 e. The summed E-state index contributed by atoms with van der Waals surface area (Å²) in [7, 11) is 0. The number of fused-ring (bicyclic) bond motifs is 1. The third kappa shape index (κ3) is 3.46. The zero-order valence-electron chi connectivity index (χ0n) is 14.5. The summed E-state index contributed by atoms with van der Waals surface area (Å²) in [5.74, 6) is -4.68. The van der Waals surface area contributed by atoms with Crippen molar-refractivity contribution in [3.8, 4) is 0 Å². The lowest BCUT2D eigenvalue weighted by molar-refractivity contribution is -0.125. The van der Waals surface area contributed by atoms with Gasteiger partial charge in [-0.1, -0.05) is 5.57 Å². The van der Waals surface area contributed by atoms with Gasteiger partial charge in [-0.3, -0.25) is 9.59 Å². The van der Waals surface area contributed by atoms with Crippen molar-refractivity contribution in [3.63, 3.8) is 0 Å². The summed E-state index contributed by atoms with van der Waals surface area (Å²) in [4.78, 5) is 27.9. The van der Waals surface area contributed by atoms with Crippen molar-refractivity contribution >= 4 is 11.8 Å². The monoisotopic (exact) mass is 368 g/mol. The van der Waals surface area contributed by atoms with Gasteiger partial charge in [-0.15, -0.1) is 0 Å². The molecule has 0 spiro atoms. The fourth-order valence-corrected chi connectivity index (χ4v) is 3.30. The van der Waals surface area contributed by atoms with Crippen molar-refractivity contribution in [3.05, 3.63) is 46.8 Å². The molecule has 26 heavy (non-hydrogen) atoms. The first kappa shape index (κ1) is 18.4. The van der Waals surface area contributed by atoms with Crippen LogP contribution in [0.25, 0.3) is 0 Å². The molecular formula is C18H19F3N2O3. The van der Waals surface area contributed by atoms with E-state index in [4.69, 9.17) is 4.74 Å². The summed E-state index contributed by atoms with van der Waals surface area (Å²) in [6, 6.07) is 0.469. The Labute approximate surface area is 149 Å². The number of carbonyl (C=O) groups excluding carboxylic acids is 2. The van der Waals surface area contributed by atoms with Crippen molar-refractivity contribution < 1.29 is 27.5 Å². The highest BCUT2D eigenvalue weighted by Crippen LogP contribution is 2.26. The van der Waals surface area contributed by atoms with Crippen LogP contribution in [0.2, 0.25) is 0 Å². The van der Waals surface area contributed by atoms with Gasteiger partial charge in [-0.05, 0) is 19.9 Å². The first-order valence-corrected chi connectivity index (χ1v) is 8.29. The van der Waals surface area contributed by atoms with E-state index in [2.05, 4.69) is 0 Å². The van der Waals surface area contributed by atoms with E-state index in [1.807, 2.05) is 0 Å². The Balaban J connectivity index is 1.83. The average molecular weight is 368 g/mol. The number of carbonyl (C=O) groups is 2. The van der Waals surface area contributed by atoms with Crippen molar-refractivity contribution in [2.24, 2.45) is 0 Å². The summed E-state index contributed by atoms with van der Waals surface area (Å²) in [5, 5.41) is 0. The van der Waals surface area contributed by atoms with Gasteiger partial charge in [0, 0.05) is 31.8 Å². The molecule has 1 aromatic rings. The molecule has 2 aliphatic heterocycles. The van der Waals surface area contributed by atoms with Crippen molar-refractivity contribution in [2.75, 3.05) is 26.2 Å². The minimum absolute atomic E-state index is 0.184. The summed E-state index contributed by atoms with van der Waals surface area (Å²) >= 11 is 0. The van der Waals surface area contributed by atoms with E-state index < -0.39 is 41.1 Å². The molecule has 0 saturated carbocycles. The molecule has 2 aliphatic rings. The molecule has 0 unspecified atom stereocenters. The van der Waals surface area contributed by atoms with Gasteiger partial charge in [0.25, 0.3) is 5.91 Å². The number of hydrogen-bond acceptors (Lipinski definition) is 3. The first-order chi connectivity index (χ1) is 12.3. The number of ether oxygens (including phenoxy) is 1. The number of hydrogen-bond donors (Lipinski definition) is 0. The van der Waals surface area contributed by atoms with E-state index >= 15 is 0 Å². The average Bonchev–Trinajstić information content (AvgIpc) is 3.01. The van der Waals surface area contributed by atoms with E-state index in [1.165, 1.54) is 11.0 Å². The van der Waals surface area contributed by atoms with Crippen LogP contribution in [0.5, 0.6) is 0 Å². The number of rotatable bonds is 2. The smallest absolute Gasteiger partial charge is 0.257 e. The number of benzene rings is 1. The molecule has 0 aromatic heterocycles. The molecule has 2 fully saturated rings. The summed E-state index contributed by atoms with van der Waals surface area (Å²) in [5.41, 5.74) is 0.321. The minimum Gasteiger partial charge on any atom is -0.372 e. The Hall–Kier alpha value is -2.35. The molecule has 0 aliphatic carbocycles. The molecule has 2 saturated heterocycles. The van der Waals surface area contributed by atoms with E-state index in [1.54, 1.807) is 18.7 Å². The second-order valence-electron chi connectivity index (χ2n) is 6.69. The van der Waals surface area contributed by atoms with Gasteiger partial charge in [-0.2, -0.15) is 0 Å². The lowest BCUT2D eigenvalue weighted by Crippen LogP contribution is -2.53. The van der Waals surface area contributed by atoms with Crippen molar-refractivity contribution in [2.45, 2.75) is 26.0 Å². The van der Waals surface area contributed by atoms with Crippen LogP contribution < -0.4 is 0 Å². The van der Waals surface area contributed by atoms with Gasteiger partial charge < -0.3 is 14.5 Å². The molecule has 2 heterocycles. The fraction of sp³-hybridized carbons (Fsp3) is 0.444. The predicted octanol–water partition coefficient (Wildman–Crippen LogP) is 2.12. The number of allylic oxidation sites excluding steroid dienone is 1. The van der Waals surface area contributed by atoms with Crippen LogP contribution in [0, 0.1) is 17.5 Å². The Morgan fingerprint density at radius 2 is 1.81 bits per heavy atom. The molecule has 140 valence electrons. The largest absolute Gasteiger partial charge is 0.372 e. The molecule has 0 radical (unpaired) electrons.